The van der Waals surface area contributed by atoms with Gasteiger partial charge in [0.2, 0.25) is 5.91 Å². The van der Waals surface area contributed by atoms with E-state index in [-0.39, 0.29) is 11.9 Å². The van der Waals surface area contributed by atoms with Gasteiger partial charge in [0.05, 0.1) is 12.6 Å². The number of hydrogen-bond acceptors (Lipinski definition) is 4. The number of fused-ring (bicyclic) bond motifs is 1. The molecule has 0 spiro atoms. The molecule has 0 radical (unpaired) electrons. The van der Waals surface area contributed by atoms with Crippen molar-refractivity contribution >= 4 is 11.6 Å². The Bertz CT molecular complexity index is 703. The molecular weight excluding hydrogens is 304 g/mol. The molecule has 0 aromatic heterocycles. The minimum absolute atomic E-state index is 0.0243. The highest BCUT2D eigenvalue weighted by Crippen LogP contribution is 2.32. The summed E-state index contributed by atoms with van der Waals surface area (Å²) in [6, 6.07) is 15.5. The lowest BCUT2D eigenvalue weighted by molar-refractivity contribution is -0.120. The molecule has 5 nitrogen and oxygen atoms in total. The molecule has 24 heavy (non-hydrogen) atoms. The fourth-order valence-corrected chi connectivity index (χ4v) is 2.69. The van der Waals surface area contributed by atoms with Gasteiger partial charge in [-0.15, -0.1) is 0 Å². The van der Waals surface area contributed by atoms with E-state index in [0.717, 1.165) is 22.7 Å². The zero-order valence-electron chi connectivity index (χ0n) is 14.0. The minimum Gasteiger partial charge on any atom is -0.486 e. The first-order valence-corrected chi connectivity index (χ1v) is 8.08. The summed E-state index contributed by atoms with van der Waals surface area (Å²) < 4.78 is 11.1. The normalized spacial score (nSPS) is 13.9. The van der Waals surface area contributed by atoms with E-state index in [1.807, 2.05) is 67.4 Å². The van der Waals surface area contributed by atoms with Gasteiger partial charge < -0.3 is 19.7 Å². The third-order valence-corrected chi connectivity index (χ3v) is 4.02. The van der Waals surface area contributed by atoms with Crippen LogP contribution in [0.25, 0.3) is 0 Å². The van der Waals surface area contributed by atoms with Crippen LogP contribution in [0.1, 0.15) is 18.5 Å². The van der Waals surface area contributed by atoms with Crippen LogP contribution in [-0.2, 0) is 4.79 Å². The molecule has 2 aromatic carbocycles. The molecular formula is C19H22N2O3. The predicted octanol–water partition coefficient (Wildman–Crippen LogP) is 2.77. The number of hydrogen-bond donors (Lipinski definition) is 1. The average Bonchev–Trinajstić information content (AvgIpc) is 2.61. The Labute approximate surface area is 142 Å². The lowest BCUT2D eigenvalue weighted by Gasteiger charge is -2.23. The number of likely N-dealkylation sites (N-methyl/N-ethyl adjacent to an activating group) is 1. The second-order valence-corrected chi connectivity index (χ2v) is 5.88. The molecule has 0 saturated carbocycles. The highest BCUT2D eigenvalue weighted by molar-refractivity contribution is 5.81. The van der Waals surface area contributed by atoms with Gasteiger partial charge in [0.25, 0.3) is 0 Å². The SMILES string of the molecule is C[C@H](NC(=O)CN(C)c1ccccc1)c1ccc2c(c1)OCCO2. The second-order valence-electron chi connectivity index (χ2n) is 5.88. The summed E-state index contributed by atoms with van der Waals surface area (Å²) in [6.45, 7) is 3.40. The van der Waals surface area contributed by atoms with E-state index in [2.05, 4.69) is 5.32 Å². The van der Waals surface area contributed by atoms with Crippen LogP contribution in [0, 0.1) is 0 Å². The predicted molar refractivity (Wildman–Crippen MR) is 93.7 cm³/mol. The van der Waals surface area contributed by atoms with Gasteiger partial charge in [0, 0.05) is 12.7 Å². The smallest absolute Gasteiger partial charge is 0.239 e. The minimum atomic E-state index is -0.0995. The van der Waals surface area contributed by atoms with Crippen molar-refractivity contribution in [3.63, 3.8) is 0 Å². The van der Waals surface area contributed by atoms with Crippen molar-refractivity contribution in [2.24, 2.45) is 0 Å². The van der Waals surface area contributed by atoms with Crippen LogP contribution in [-0.4, -0.2) is 32.7 Å². The number of para-hydroxylation sites is 1. The highest BCUT2D eigenvalue weighted by atomic mass is 16.6. The Hall–Kier alpha value is -2.69. The number of nitrogens with one attached hydrogen (secondary N) is 1. The number of anilines is 1. The molecule has 1 amide bonds. The summed E-state index contributed by atoms with van der Waals surface area (Å²) >= 11 is 0. The van der Waals surface area contributed by atoms with Gasteiger partial charge in [0.1, 0.15) is 13.2 Å². The third-order valence-electron chi connectivity index (χ3n) is 4.02. The summed E-state index contributed by atoms with van der Waals surface area (Å²) in [4.78, 5) is 14.2. The fourth-order valence-electron chi connectivity index (χ4n) is 2.69. The van der Waals surface area contributed by atoms with Gasteiger partial charge in [-0.05, 0) is 36.8 Å². The molecule has 126 valence electrons. The van der Waals surface area contributed by atoms with E-state index in [1.165, 1.54) is 0 Å². The summed E-state index contributed by atoms with van der Waals surface area (Å²) in [5.74, 6) is 1.47. The summed E-state index contributed by atoms with van der Waals surface area (Å²) in [7, 11) is 1.91. The van der Waals surface area contributed by atoms with Crippen LogP contribution in [0.3, 0.4) is 0 Å². The monoisotopic (exact) mass is 326 g/mol. The van der Waals surface area contributed by atoms with E-state index >= 15 is 0 Å². The molecule has 1 aliphatic heterocycles. The highest BCUT2D eigenvalue weighted by Gasteiger charge is 2.16. The van der Waals surface area contributed by atoms with E-state index in [1.54, 1.807) is 0 Å². The zero-order chi connectivity index (χ0) is 16.9. The van der Waals surface area contributed by atoms with Crippen molar-refractivity contribution in [2.45, 2.75) is 13.0 Å². The maximum absolute atomic E-state index is 12.3. The van der Waals surface area contributed by atoms with Crippen LogP contribution in [0.15, 0.2) is 48.5 Å². The number of ether oxygens (including phenoxy) is 2. The van der Waals surface area contributed by atoms with Crippen molar-refractivity contribution in [3.8, 4) is 11.5 Å². The lowest BCUT2D eigenvalue weighted by atomic mass is 10.1. The number of carbonyl (C=O) groups excluding carboxylic acids is 1. The van der Waals surface area contributed by atoms with Crippen molar-refractivity contribution in [1.29, 1.82) is 0 Å². The molecule has 1 heterocycles. The van der Waals surface area contributed by atoms with Gasteiger partial charge in [-0.3, -0.25) is 4.79 Å². The van der Waals surface area contributed by atoms with E-state index in [4.69, 9.17) is 9.47 Å². The first kappa shape index (κ1) is 16.2. The van der Waals surface area contributed by atoms with Crippen LogP contribution in [0.5, 0.6) is 11.5 Å². The molecule has 5 heteroatoms. The summed E-state index contributed by atoms with van der Waals surface area (Å²) in [5.41, 5.74) is 2.01. The van der Waals surface area contributed by atoms with Gasteiger partial charge >= 0.3 is 0 Å². The van der Waals surface area contributed by atoms with Gasteiger partial charge in [-0.1, -0.05) is 24.3 Å². The summed E-state index contributed by atoms with van der Waals surface area (Å²) in [5, 5.41) is 3.03. The molecule has 0 aliphatic carbocycles. The Morgan fingerprint density at radius 2 is 1.83 bits per heavy atom. The number of amides is 1. The number of carbonyl (C=O) groups is 1. The molecule has 1 atom stereocenters. The van der Waals surface area contributed by atoms with Crippen molar-refractivity contribution in [3.05, 3.63) is 54.1 Å². The maximum atomic E-state index is 12.3. The van der Waals surface area contributed by atoms with Crippen LogP contribution >= 0.6 is 0 Å². The Balaban J connectivity index is 1.60. The molecule has 1 aliphatic rings. The quantitative estimate of drug-likeness (QED) is 0.918. The van der Waals surface area contributed by atoms with Crippen LogP contribution < -0.4 is 19.7 Å². The number of rotatable bonds is 5. The van der Waals surface area contributed by atoms with Crippen molar-refractivity contribution in [1.82, 2.24) is 5.32 Å². The lowest BCUT2D eigenvalue weighted by Crippen LogP contribution is -2.36. The molecule has 0 fully saturated rings. The van der Waals surface area contributed by atoms with Gasteiger partial charge in [-0.2, -0.15) is 0 Å². The molecule has 0 saturated heterocycles. The fraction of sp³-hybridized carbons (Fsp3) is 0.316. The number of nitrogens with zero attached hydrogens (tertiary/aromatic N) is 1. The largest absolute Gasteiger partial charge is 0.486 e. The first-order valence-electron chi connectivity index (χ1n) is 8.08. The molecule has 1 N–H and O–H groups in total. The molecule has 0 bridgehead atoms. The molecule has 0 unspecified atom stereocenters. The van der Waals surface area contributed by atoms with Gasteiger partial charge in [0.15, 0.2) is 11.5 Å². The van der Waals surface area contributed by atoms with Crippen molar-refractivity contribution < 1.29 is 14.3 Å². The standard InChI is InChI=1S/C19H22N2O3/c1-14(15-8-9-17-18(12-15)24-11-10-23-17)20-19(22)13-21(2)16-6-4-3-5-7-16/h3-9,12,14H,10-11,13H2,1-2H3,(H,20,22)/t14-/m0/s1. The average molecular weight is 326 g/mol. The first-order chi connectivity index (χ1) is 11.6. The zero-order valence-corrected chi connectivity index (χ0v) is 14.0. The van der Waals surface area contributed by atoms with E-state index < -0.39 is 0 Å². The van der Waals surface area contributed by atoms with Crippen molar-refractivity contribution in [2.75, 3.05) is 31.7 Å². The van der Waals surface area contributed by atoms with Crippen LogP contribution in [0.2, 0.25) is 0 Å². The van der Waals surface area contributed by atoms with Crippen LogP contribution in [0.4, 0.5) is 5.69 Å². The molecule has 2 aromatic rings. The van der Waals surface area contributed by atoms with E-state index in [0.29, 0.717) is 19.8 Å². The Morgan fingerprint density at radius 1 is 1.12 bits per heavy atom. The third kappa shape index (κ3) is 3.79. The maximum Gasteiger partial charge on any atom is 0.239 e. The van der Waals surface area contributed by atoms with E-state index in [9.17, 15) is 4.79 Å². The Morgan fingerprint density at radius 3 is 2.58 bits per heavy atom. The molecule has 3 rings (SSSR count). The summed E-state index contributed by atoms with van der Waals surface area (Å²) in [6.07, 6.45) is 0. The number of benzene rings is 2. The topological polar surface area (TPSA) is 50.8 Å². The second kappa shape index (κ2) is 7.25. The Kier molecular flexibility index (Phi) is 4.89. The van der Waals surface area contributed by atoms with Gasteiger partial charge in [-0.25, -0.2) is 0 Å².